The standard InChI is InChI=1S/C13H13ClN4S/c1-18-8-9(7-16-18)5-6-15-13-17-11-4-2-3-10(14)12(11)19-13/h2-4,7-8H,5-6H2,1H3,(H,15,17). The first-order valence-electron chi connectivity index (χ1n) is 5.99. The summed E-state index contributed by atoms with van der Waals surface area (Å²) in [5.74, 6) is 0. The first-order valence-corrected chi connectivity index (χ1v) is 7.18. The average Bonchev–Trinajstić information content (AvgIpc) is 2.97. The van der Waals surface area contributed by atoms with Crippen molar-refractivity contribution in [3.8, 4) is 0 Å². The Bertz CT molecular complexity index is 704. The first-order chi connectivity index (χ1) is 9.22. The largest absolute Gasteiger partial charge is 0.361 e. The summed E-state index contributed by atoms with van der Waals surface area (Å²) in [4.78, 5) is 4.51. The summed E-state index contributed by atoms with van der Waals surface area (Å²) in [5, 5.41) is 9.15. The lowest BCUT2D eigenvalue weighted by atomic mass is 10.2. The Kier molecular flexibility index (Phi) is 3.40. The van der Waals surface area contributed by atoms with Crippen LogP contribution in [0.2, 0.25) is 5.02 Å². The highest BCUT2D eigenvalue weighted by atomic mass is 35.5. The lowest BCUT2D eigenvalue weighted by Crippen LogP contribution is -2.03. The van der Waals surface area contributed by atoms with Crippen molar-refractivity contribution in [2.75, 3.05) is 11.9 Å². The van der Waals surface area contributed by atoms with Crippen molar-refractivity contribution in [2.24, 2.45) is 7.05 Å². The smallest absolute Gasteiger partial charge is 0.183 e. The van der Waals surface area contributed by atoms with Crippen LogP contribution in [0.3, 0.4) is 0 Å². The summed E-state index contributed by atoms with van der Waals surface area (Å²) in [7, 11) is 1.92. The number of nitrogens with zero attached hydrogens (tertiary/aromatic N) is 3. The van der Waals surface area contributed by atoms with Gasteiger partial charge in [0.1, 0.15) is 0 Å². The summed E-state index contributed by atoms with van der Waals surface area (Å²) in [5.41, 5.74) is 2.16. The van der Waals surface area contributed by atoms with Crippen LogP contribution in [0.25, 0.3) is 10.2 Å². The molecule has 0 aliphatic carbocycles. The molecule has 0 spiro atoms. The molecule has 0 radical (unpaired) electrons. The van der Waals surface area contributed by atoms with Crippen LogP contribution in [0.4, 0.5) is 5.13 Å². The van der Waals surface area contributed by atoms with Gasteiger partial charge in [0, 0.05) is 19.8 Å². The second kappa shape index (κ2) is 5.19. The fraction of sp³-hybridized carbons (Fsp3) is 0.231. The summed E-state index contributed by atoms with van der Waals surface area (Å²) < 4.78 is 2.85. The van der Waals surface area contributed by atoms with Crippen LogP contribution in [-0.4, -0.2) is 21.3 Å². The molecular weight excluding hydrogens is 280 g/mol. The zero-order valence-electron chi connectivity index (χ0n) is 10.4. The van der Waals surface area contributed by atoms with Crippen molar-refractivity contribution in [1.29, 1.82) is 0 Å². The third-order valence-corrected chi connectivity index (χ3v) is 4.30. The predicted octanol–water partition coefficient (Wildman–Crippen LogP) is 3.34. The van der Waals surface area contributed by atoms with Gasteiger partial charge in [-0.25, -0.2) is 4.98 Å². The molecule has 0 unspecified atom stereocenters. The summed E-state index contributed by atoms with van der Waals surface area (Å²) >= 11 is 7.72. The molecule has 1 aromatic carbocycles. The third kappa shape index (κ3) is 2.72. The molecule has 19 heavy (non-hydrogen) atoms. The molecule has 3 aromatic rings. The van der Waals surface area contributed by atoms with E-state index in [-0.39, 0.29) is 0 Å². The number of anilines is 1. The van der Waals surface area contributed by atoms with Crippen molar-refractivity contribution in [3.63, 3.8) is 0 Å². The van der Waals surface area contributed by atoms with Gasteiger partial charge in [-0.05, 0) is 24.1 Å². The predicted molar refractivity (Wildman–Crippen MR) is 80.0 cm³/mol. The Morgan fingerprint density at radius 1 is 1.42 bits per heavy atom. The molecule has 0 amide bonds. The topological polar surface area (TPSA) is 42.7 Å². The van der Waals surface area contributed by atoms with Gasteiger partial charge in [-0.3, -0.25) is 4.68 Å². The number of nitrogens with one attached hydrogen (secondary N) is 1. The normalized spacial score (nSPS) is 11.1. The van der Waals surface area contributed by atoms with Gasteiger partial charge in [0.05, 0.1) is 21.4 Å². The molecule has 6 heteroatoms. The Morgan fingerprint density at radius 3 is 3.05 bits per heavy atom. The fourth-order valence-corrected chi connectivity index (χ4v) is 3.09. The molecule has 0 aliphatic heterocycles. The number of aryl methyl sites for hydroxylation is 1. The second-order valence-corrected chi connectivity index (χ2v) is 5.71. The van der Waals surface area contributed by atoms with E-state index in [1.54, 1.807) is 11.3 Å². The monoisotopic (exact) mass is 292 g/mol. The van der Waals surface area contributed by atoms with E-state index < -0.39 is 0 Å². The van der Waals surface area contributed by atoms with Crippen molar-refractivity contribution in [2.45, 2.75) is 6.42 Å². The average molecular weight is 293 g/mol. The van der Waals surface area contributed by atoms with Crippen molar-refractivity contribution in [1.82, 2.24) is 14.8 Å². The van der Waals surface area contributed by atoms with E-state index in [0.717, 1.165) is 33.3 Å². The van der Waals surface area contributed by atoms with Crippen LogP contribution in [0.15, 0.2) is 30.6 Å². The van der Waals surface area contributed by atoms with E-state index in [9.17, 15) is 0 Å². The van der Waals surface area contributed by atoms with Crippen LogP contribution in [0.1, 0.15) is 5.56 Å². The van der Waals surface area contributed by atoms with Crippen molar-refractivity contribution < 1.29 is 0 Å². The Balaban J connectivity index is 1.67. The number of hydrogen-bond acceptors (Lipinski definition) is 4. The van der Waals surface area contributed by atoms with Crippen LogP contribution >= 0.6 is 22.9 Å². The highest BCUT2D eigenvalue weighted by Crippen LogP contribution is 2.31. The molecule has 0 bridgehead atoms. The van der Waals surface area contributed by atoms with Gasteiger partial charge in [-0.15, -0.1) is 0 Å². The quantitative estimate of drug-likeness (QED) is 0.802. The number of benzene rings is 1. The van der Waals surface area contributed by atoms with Gasteiger partial charge in [-0.1, -0.05) is 29.0 Å². The molecule has 0 saturated carbocycles. The maximum Gasteiger partial charge on any atom is 0.183 e. The minimum absolute atomic E-state index is 0.760. The lowest BCUT2D eigenvalue weighted by Gasteiger charge is -1.99. The summed E-state index contributed by atoms with van der Waals surface area (Å²) in [6, 6.07) is 5.79. The first kappa shape index (κ1) is 12.4. The van der Waals surface area contributed by atoms with Gasteiger partial charge in [-0.2, -0.15) is 5.10 Å². The van der Waals surface area contributed by atoms with E-state index in [4.69, 9.17) is 11.6 Å². The molecule has 3 rings (SSSR count). The zero-order valence-corrected chi connectivity index (χ0v) is 12.0. The van der Waals surface area contributed by atoms with Gasteiger partial charge in [0.15, 0.2) is 5.13 Å². The summed E-state index contributed by atoms with van der Waals surface area (Å²) in [6.07, 6.45) is 4.84. The SMILES string of the molecule is Cn1cc(CCNc2nc3cccc(Cl)c3s2)cn1. The summed E-state index contributed by atoms with van der Waals surface area (Å²) in [6.45, 7) is 0.836. The molecule has 2 heterocycles. The third-order valence-electron chi connectivity index (χ3n) is 2.82. The molecule has 0 aliphatic rings. The maximum atomic E-state index is 6.13. The number of aromatic nitrogens is 3. The van der Waals surface area contributed by atoms with Crippen LogP contribution in [0, 0.1) is 0 Å². The fourth-order valence-electron chi connectivity index (χ4n) is 1.91. The Labute approximate surface area is 120 Å². The second-order valence-electron chi connectivity index (χ2n) is 4.31. The zero-order chi connectivity index (χ0) is 13.2. The van der Waals surface area contributed by atoms with Crippen LogP contribution in [-0.2, 0) is 13.5 Å². The molecule has 0 atom stereocenters. The number of fused-ring (bicyclic) bond motifs is 1. The maximum absolute atomic E-state index is 6.13. The molecule has 0 fully saturated rings. The van der Waals surface area contributed by atoms with Gasteiger partial charge in [0.2, 0.25) is 0 Å². The van der Waals surface area contributed by atoms with Crippen LogP contribution in [0.5, 0.6) is 0 Å². The molecule has 1 N–H and O–H groups in total. The van der Waals surface area contributed by atoms with Crippen molar-refractivity contribution in [3.05, 3.63) is 41.2 Å². The molecular formula is C13H13ClN4S. The molecule has 4 nitrogen and oxygen atoms in total. The van der Waals surface area contributed by atoms with E-state index in [1.807, 2.05) is 42.3 Å². The van der Waals surface area contributed by atoms with E-state index in [2.05, 4.69) is 15.4 Å². The molecule has 98 valence electrons. The highest BCUT2D eigenvalue weighted by molar-refractivity contribution is 7.22. The molecule has 2 aromatic heterocycles. The van der Waals surface area contributed by atoms with E-state index in [0.29, 0.717) is 0 Å². The van der Waals surface area contributed by atoms with Crippen LogP contribution < -0.4 is 5.32 Å². The van der Waals surface area contributed by atoms with Crippen molar-refractivity contribution >= 4 is 38.3 Å². The van der Waals surface area contributed by atoms with Gasteiger partial charge in [0.25, 0.3) is 0 Å². The number of rotatable bonds is 4. The number of hydrogen-bond donors (Lipinski definition) is 1. The number of thiazole rings is 1. The minimum atomic E-state index is 0.760. The minimum Gasteiger partial charge on any atom is -0.361 e. The van der Waals surface area contributed by atoms with Gasteiger partial charge >= 0.3 is 0 Å². The van der Waals surface area contributed by atoms with Gasteiger partial charge < -0.3 is 5.32 Å². The highest BCUT2D eigenvalue weighted by Gasteiger charge is 2.06. The Hall–Kier alpha value is -1.59. The number of halogens is 1. The van der Waals surface area contributed by atoms with E-state index >= 15 is 0 Å². The Morgan fingerprint density at radius 2 is 2.32 bits per heavy atom. The van der Waals surface area contributed by atoms with E-state index in [1.165, 1.54) is 5.56 Å². The molecule has 0 saturated heterocycles. The lowest BCUT2D eigenvalue weighted by molar-refractivity contribution is 0.767.